The molecule has 4 aromatic rings. The maximum atomic E-state index is 15.4. The molecule has 37 heavy (non-hydrogen) atoms. The number of rotatable bonds is 9. The molecular formula is C25H27FN10O. The lowest BCUT2D eigenvalue weighted by Crippen LogP contribution is -2.33. The lowest BCUT2D eigenvalue weighted by Gasteiger charge is -2.15. The SMILES string of the molecule is N/C(=C\N(N)Cc1cn2cc(C3CC3)ccc2n1)C(=O)NCc1c(-n2cnnn2)ccc(C2CC2)c1F. The van der Waals surface area contributed by atoms with Gasteiger partial charge in [-0.05, 0) is 71.2 Å². The van der Waals surface area contributed by atoms with Crippen LogP contribution < -0.4 is 16.9 Å². The number of nitrogens with zero attached hydrogens (tertiary/aromatic N) is 7. The Labute approximate surface area is 211 Å². The van der Waals surface area contributed by atoms with Gasteiger partial charge in [0.25, 0.3) is 5.91 Å². The van der Waals surface area contributed by atoms with E-state index in [1.807, 2.05) is 16.7 Å². The third-order valence-corrected chi connectivity index (χ3v) is 6.77. The number of carbonyl (C=O) groups excluding carboxylic acids is 1. The summed E-state index contributed by atoms with van der Waals surface area (Å²) < 4.78 is 18.7. The minimum Gasteiger partial charge on any atom is -0.393 e. The van der Waals surface area contributed by atoms with E-state index < -0.39 is 5.91 Å². The normalized spacial score (nSPS) is 15.8. The topological polar surface area (TPSA) is 145 Å². The van der Waals surface area contributed by atoms with Crippen molar-refractivity contribution in [1.29, 1.82) is 0 Å². The average Bonchev–Trinajstić information content (AvgIpc) is 3.81. The lowest BCUT2D eigenvalue weighted by atomic mass is 10.0. The predicted octanol–water partition coefficient (Wildman–Crippen LogP) is 2.00. The quantitative estimate of drug-likeness (QED) is 0.179. The van der Waals surface area contributed by atoms with Crippen LogP contribution in [0.4, 0.5) is 4.39 Å². The van der Waals surface area contributed by atoms with Gasteiger partial charge in [-0.1, -0.05) is 12.1 Å². The molecule has 0 atom stereocenters. The van der Waals surface area contributed by atoms with Crippen LogP contribution in [0.15, 0.2) is 54.9 Å². The first-order valence-electron chi connectivity index (χ1n) is 12.3. The number of benzene rings is 1. The summed E-state index contributed by atoms with van der Waals surface area (Å²) in [7, 11) is 0. The molecule has 5 N–H and O–H groups in total. The van der Waals surface area contributed by atoms with Crippen molar-refractivity contribution in [1.82, 2.24) is 39.9 Å². The number of aromatic nitrogens is 6. The number of tetrazole rings is 1. The molecule has 0 radical (unpaired) electrons. The maximum absolute atomic E-state index is 15.4. The lowest BCUT2D eigenvalue weighted by molar-refractivity contribution is -0.117. The minimum atomic E-state index is -0.571. The summed E-state index contributed by atoms with van der Waals surface area (Å²) >= 11 is 0. The van der Waals surface area contributed by atoms with Gasteiger partial charge in [0.2, 0.25) is 0 Å². The molecule has 3 aromatic heterocycles. The Bertz CT molecular complexity index is 1490. The Hall–Kier alpha value is -4.32. The minimum absolute atomic E-state index is 0.0880. The van der Waals surface area contributed by atoms with E-state index in [0.29, 0.717) is 17.2 Å². The number of hydrazine groups is 1. The van der Waals surface area contributed by atoms with Gasteiger partial charge in [-0.25, -0.2) is 19.9 Å². The third kappa shape index (κ3) is 4.87. The smallest absolute Gasteiger partial charge is 0.268 e. The van der Waals surface area contributed by atoms with Crippen LogP contribution in [0.3, 0.4) is 0 Å². The summed E-state index contributed by atoms with van der Waals surface area (Å²) in [5, 5.41) is 15.1. The number of fused-ring (bicyclic) bond motifs is 1. The van der Waals surface area contributed by atoms with Gasteiger partial charge in [-0.15, -0.1) is 5.10 Å². The van der Waals surface area contributed by atoms with Gasteiger partial charge in [-0.2, -0.15) is 0 Å². The molecule has 0 saturated heterocycles. The van der Waals surface area contributed by atoms with Crippen molar-refractivity contribution in [2.75, 3.05) is 0 Å². The highest BCUT2D eigenvalue weighted by molar-refractivity contribution is 5.92. The first kappa shape index (κ1) is 23.1. The van der Waals surface area contributed by atoms with E-state index in [1.54, 1.807) is 12.1 Å². The van der Waals surface area contributed by atoms with E-state index in [-0.39, 0.29) is 36.1 Å². The van der Waals surface area contributed by atoms with Crippen LogP contribution >= 0.6 is 0 Å². The average molecular weight is 503 g/mol. The molecular weight excluding hydrogens is 475 g/mol. The van der Waals surface area contributed by atoms with Gasteiger partial charge < -0.3 is 20.5 Å². The summed E-state index contributed by atoms with van der Waals surface area (Å²) in [4.78, 5) is 17.3. The zero-order valence-corrected chi connectivity index (χ0v) is 20.1. The molecule has 0 unspecified atom stereocenters. The number of amides is 1. The maximum Gasteiger partial charge on any atom is 0.268 e. The van der Waals surface area contributed by atoms with Gasteiger partial charge in [0, 0.05) is 30.7 Å². The summed E-state index contributed by atoms with van der Waals surface area (Å²) in [6.07, 6.45) is 11.1. The second-order valence-corrected chi connectivity index (χ2v) is 9.67. The Morgan fingerprint density at radius 2 is 1.97 bits per heavy atom. The molecule has 0 bridgehead atoms. The molecule has 2 fully saturated rings. The molecule has 0 spiro atoms. The van der Waals surface area contributed by atoms with Crippen LogP contribution in [-0.2, 0) is 17.9 Å². The van der Waals surface area contributed by atoms with Gasteiger partial charge in [0.05, 0.1) is 17.9 Å². The Morgan fingerprint density at radius 1 is 1.16 bits per heavy atom. The number of halogens is 1. The predicted molar refractivity (Wildman–Crippen MR) is 132 cm³/mol. The van der Waals surface area contributed by atoms with Crippen molar-refractivity contribution < 1.29 is 9.18 Å². The molecule has 6 rings (SSSR count). The number of hydrogen-bond acceptors (Lipinski definition) is 8. The van der Waals surface area contributed by atoms with E-state index in [0.717, 1.165) is 24.2 Å². The summed E-state index contributed by atoms with van der Waals surface area (Å²) in [5.41, 5.74) is 10.1. The first-order valence-corrected chi connectivity index (χ1v) is 12.3. The van der Waals surface area contributed by atoms with Crippen molar-refractivity contribution in [3.63, 3.8) is 0 Å². The summed E-state index contributed by atoms with van der Waals surface area (Å²) in [6.45, 7) is 0.172. The van der Waals surface area contributed by atoms with Gasteiger partial charge in [-0.3, -0.25) is 4.79 Å². The van der Waals surface area contributed by atoms with Crippen LogP contribution in [0.5, 0.6) is 0 Å². The van der Waals surface area contributed by atoms with Crippen LogP contribution in [0, 0.1) is 5.82 Å². The van der Waals surface area contributed by atoms with E-state index in [2.05, 4.69) is 38.1 Å². The monoisotopic (exact) mass is 502 g/mol. The number of hydrogen-bond donors (Lipinski definition) is 3. The van der Waals surface area contributed by atoms with Gasteiger partial charge >= 0.3 is 0 Å². The number of nitrogens with two attached hydrogens (primary N) is 2. The van der Waals surface area contributed by atoms with Crippen LogP contribution in [0.25, 0.3) is 11.3 Å². The molecule has 1 amide bonds. The number of pyridine rings is 1. The van der Waals surface area contributed by atoms with E-state index >= 15 is 4.39 Å². The number of nitrogens with one attached hydrogen (secondary N) is 1. The third-order valence-electron chi connectivity index (χ3n) is 6.77. The fraction of sp³-hybridized carbons (Fsp3) is 0.320. The molecule has 190 valence electrons. The Morgan fingerprint density at radius 3 is 2.70 bits per heavy atom. The largest absolute Gasteiger partial charge is 0.393 e. The first-order chi connectivity index (χ1) is 18.0. The fourth-order valence-electron chi connectivity index (χ4n) is 4.53. The summed E-state index contributed by atoms with van der Waals surface area (Å²) in [5.74, 6) is 6.01. The molecule has 11 nitrogen and oxygen atoms in total. The molecule has 1 aromatic carbocycles. The molecule has 2 aliphatic rings. The number of carbonyl (C=O) groups is 1. The van der Waals surface area contributed by atoms with Crippen molar-refractivity contribution in [3.8, 4) is 5.69 Å². The van der Waals surface area contributed by atoms with E-state index in [9.17, 15) is 4.79 Å². The second-order valence-electron chi connectivity index (χ2n) is 9.67. The zero-order valence-electron chi connectivity index (χ0n) is 20.1. The van der Waals surface area contributed by atoms with Crippen LogP contribution in [0.1, 0.15) is 59.9 Å². The van der Waals surface area contributed by atoms with Gasteiger partial charge in [0.15, 0.2) is 0 Å². The highest BCUT2D eigenvalue weighted by Gasteiger charge is 2.29. The Balaban J connectivity index is 1.13. The number of imidazole rings is 1. The highest BCUT2D eigenvalue weighted by atomic mass is 19.1. The van der Waals surface area contributed by atoms with Crippen molar-refractivity contribution in [2.24, 2.45) is 11.6 Å². The molecule has 0 aliphatic heterocycles. The summed E-state index contributed by atoms with van der Waals surface area (Å²) in [6, 6.07) is 7.62. The zero-order chi connectivity index (χ0) is 25.5. The van der Waals surface area contributed by atoms with Crippen molar-refractivity contribution in [3.05, 3.63) is 83.1 Å². The molecule has 12 heteroatoms. The van der Waals surface area contributed by atoms with Crippen molar-refractivity contribution >= 4 is 11.6 Å². The highest BCUT2D eigenvalue weighted by Crippen LogP contribution is 2.42. The van der Waals surface area contributed by atoms with Gasteiger partial charge in [0.1, 0.15) is 23.5 Å². The Kier molecular flexibility index (Phi) is 5.80. The van der Waals surface area contributed by atoms with E-state index in [4.69, 9.17) is 11.6 Å². The fourth-order valence-corrected chi connectivity index (χ4v) is 4.53. The van der Waals surface area contributed by atoms with Crippen molar-refractivity contribution in [2.45, 2.75) is 50.6 Å². The molecule has 3 heterocycles. The molecule has 2 aliphatic carbocycles. The van der Waals surface area contributed by atoms with Crippen LogP contribution in [0.2, 0.25) is 0 Å². The standard InChI is InChI=1S/C25H27FN10O/c26-24-19(16-3-4-16)6-7-22(36-14-30-32-33-36)20(24)9-29-25(37)21(27)13-35(28)12-18-11-34-10-17(15-1-2-15)5-8-23(34)31-18/h5-8,10-11,13-16H,1-4,9,12,27-28H2,(H,29,37)/b21-13-. The van der Waals surface area contributed by atoms with Crippen LogP contribution in [-0.4, -0.2) is 40.5 Å². The van der Waals surface area contributed by atoms with E-state index in [1.165, 1.54) is 40.6 Å². The second kappa shape index (κ2) is 9.28. The molecule has 2 saturated carbocycles.